The third-order valence-corrected chi connectivity index (χ3v) is 3.97. The molecule has 140 valence electrons. The van der Waals surface area contributed by atoms with Crippen molar-refractivity contribution in [2.75, 3.05) is 7.11 Å². The molecule has 0 spiro atoms. The molecule has 0 heterocycles. The molecule has 0 aromatic heterocycles. The van der Waals surface area contributed by atoms with Crippen LogP contribution in [0.15, 0.2) is 18.2 Å². The Labute approximate surface area is 151 Å². The van der Waals surface area contributed by atoms with E-state index in [0.717, 1.165) is 11.1 Å². The van der Waals surface area contributed by atoms with Gasteiger partial charge in [-0.05, 0) is 49.3 Å². The number of hydrogen-bond donors (Lipinski definition) is 1. The van der Waals surface area contributed by atoms with E-state index >= 15 is 0 Å². The first-order chi connectivity index (χ1) is 11.6. The lowest BCUT2D eigenvalue weighted by Gasteiger charge is -2.22. The zero-order valence-electron chi connectivity index (χ0n) is 16.4. The van der Waals surface area contributed by atoms with Crippen LogP contribution >= 0.6 is 0 Å². The summed E-state index contributed by atoms with van der Waals surface area (Å²) in [6.07, 6.45) is -0.189. The van der Waals surface area contributed by atoms with Crippen LogP contribution < -0.4 is 10.1 Å². The first-order valence-corrected chi connectivity index (χ1v) is 8.81. The van der Waals surface area contributed by atoms with Crippen molar-refractivity contribution in [1.29, 1.82) is 0 Å². The van der Waals surface area contributed by atoms with Gasteiger partial charge in [0.15, 0.2) is 6.10 Å². The van der Waals surface area contributed by atoms with E-state index in [-0.39, 0.29) is 17.7 Å². The molecule has 5 nitrogen and oxygen atoms in total. The van der Waals surface area contributed by atoms with Gasteiger partial charge in [0.05, 0.1) is 7.11 Å². The molecular weight excluding hydrogens is 318 g/mol. The second-order valence-electron chi connectivity index (χ2n) is 7.17. The number of carbonyl (C=O) groups excluding carboxylic acids is 2. The summed E-state index contributed by atoms with van der Waals surface area (Å²) < 4.78 is 10.7. The standard InChI is InChI=1S/C20H31NO4/c1-12(2)10-17(20(23)24-7)21-19(22)15(6)25-18-11-14(5)8-9-16(18)13(3)4/h8-9,11-13,15,17H,10H2,1-7H3,(H,21,22). The molecule has 0 radical (unpaired) electrons. The molecule has 0 aliphatic carbocycles. The largest absolute Gasteiger partial charge is 0.481 e. The summed E-state index contributed by atoms with van der Waals surface area (Å²) in [6.45, 7) is 11.8. The van der Waals surface area contributed by atoms with Gasteiger partial charge in [-0.2, -0.15) is 0 Å². The predicted octanol–water partition coefficient (Wildman–Crippen LogP) is 3.59. The van der Waals surface area contributed by atoms with E-state index in [9.17, 15) is 9.59 Å². The van der Waals surface area contributed by atoms with Gasteiger partial charge in [0.25, 0.3) is 5.91 Å². The smallest absolute Gasteiger partial charge is 0.328 e. The van der Waals surface area contributed by atoms with Gasteiger partial charge >= 0.3 is 5.97 Å². The van der Waals surface area contributed by atoms with Crippen molar-refractivity contribution in [3.63, 3.8) is 0 Å². The summed E-state index contributed by atoms with van der Waals surface area (Å²) in [4.78, 5) is 24.4. The van der Waals surface area contributed by atoms with E-state index in [0.29, 0.717) is 12.2 Å². The topological polar surface area (TPSA) is 64.6 Å². The maximum atomic E-state index is 12.5. The summed E-state index contributed by atoms with van der Waals surface area (Å²) in [5.41, 5.74) is 2.12. The van der Waals surface area contributed by atoms with E-state index < -0.39 is 18.1 Å². The van der Waals surface area contributed by atoms with Crippen LogP contribution in [-0.2, 0) is 14.3 Å². The number of ether oxygens (including phenoxy) is 2. The number of carbonyl (C=O) groups is 2. The van der Waals surface area contributed by atoms with E-state index in [1.165, 1.54) is 7.11 Å². The number of esters is 1. The summed E-state index contributed by atoms with van der Waals surface area (Å²) in [5.74, 6) is 0.482. The molecular formula is C20H31NO4. The van der Waals surface area contributed by atoms with Crippen LogP contribution in [0.25, 0.3) is 0 Å². The highest BCUT2D eigenvalue weighted by Gasteiger charge is 2.26. The molecule has 2 atom stereocenters. The number of rotatable bonds is 8. The quantitative estimate of drug-likeness (QED) is 0.729. The average Bonchev–Trinajstić information content (AvgIpc) is 2.52. The van der Waals surface area contributed by atoms with Gasteiger partial charge in [0.2, 0.25) is 0 Å². The fourth-order valence-corrected chi connectivity index (χ4v) is 2.58. The van der Waals surface area contributed by atoms with Crippen LogP contribution in [0.3, 0.4) is 0 Å². The Kier molecular flexibility index (Phi) is 7.94. The van der Waals surface area contributed by atoms with Crippen molar-refractivity contribution in [3.8, 4) is 5.75 Å². The van der Waals surface area contributed by atoms with E-state index in [2.05, 4.69) is 19.2 Å². The molecule has 0 saturated carbocycles. The molecule has 1 aromatic carbocycles. The Morgan fingerprint density at radius 1 is 1.12 bits per heavy atom. The number of aryl methyl sites for hydroxylation is 1. The fourth-order valence-electron chi connectivity index (χ4n) is 2.58. The highest BCUT2D eigenvalue weighted by Crippen LogP contribution is 2.28. The lowest BCUT2D eigenvalue weighted by atomic mass is 10.0. The Morgan fingerprint density at radius 3 is 2.28 bits per heavy atom. The lowest BCUT2D eigenvalue weighted by molar-refractivity contribution is -0.146. The molecule has 0 bridgehead atoms. The molecule has 0 fully saturated rings. The third-order valence-electron chi connectivity index (χ3n) is 3.97. The molecule has 1 N–H and O–H groups in total. The minimum absolute atomic E-state index is 0.255. The van der Waals surface area contributed by atoms with Crippen molar-refractivity contribution in [3.05, 3.63) is 29.3 Å². The summed E-state index contributed by atoms with van der Waals surface area (Å²) in [5, 5.41) is 2.74. The lowest BCUT2D eigenvalue weighted by Crippen LogP contribution is -2.47. The Balaban J connectivity index is 2.85. The van der Waals surface area contributed by atoms with Crippen molar-refractivity contribution in [2.24, 2.45) is 5.92 Å². The Morgan fingerprint density at radius 2 is 1.76 bits per heavy atom. The van der Waals surface area contributed by atoms with Crippen LogP contribution in [-0.4, -0.2) is 31.1 Å². The van der Waals surface area contributed by atoms with Gasteiger partial charge in [-0.3, -0.25) is 4.79 Å². The number of hydrogen-bond acceptors (Lipinski definition) is 4. The number of methoxy groups -OCH3 is 1. The van der Waals surface area contributed by atoms with E-state index in [4.69, 9.17) is 9.47 Å². The molecule has 2 unspecified atom stereocenters. The SMILES string of the molecule is COC(=O)C(CC(C)C)NC(=O)C(C)Oc1cc(C)ccc1C(C)C. The van der Waals surface area contributed by atoms with E-state index in [1.54, 1.807) is 6.92 Å². The molecule has 1 aromatic rings. The molecule has 5 heteroatoms. The van der Waals surface area contributed by atoms with Crippen molar-refractivity contribution in [1.82, 2.24) is 5.32 Å². The van der Waals surface area contributed by atoms with Gasteiger partial charge in [-0.1, -0.05) is 39.8 Å². The van der Waals surface area contributed by atoms with Crippen LogP contribution in [0, 0.1) is 12.8 Å². The van der Waals surface area contributed by atoms with Gasteiger partial charge < -0.3 is 14.8 Å². The average molecular weight is 349 g/mol. The fraction of sp³-hybridized carbons (Fsp3) is 0.600. The summed E-state index contributed by atoms with van der Waals surface area (Å²) in [7, 11) is 1.32. The Bertz CT molecular complexity index is 595. The minimum atomic E-state index is -0.710. The van der Waals surface area contributed by atoms with Gasteiger partial charge in [0, 0.05) is 0 Å². The van der Waals surface area contributed by atoms with Crippen LogP contribution in [0.4, 0.5) is 0 Å². The summed E-state index contributed by atoms with van der Waals surface area (Å²) >= 11 is 0. The first kappa shape index (κ1) is 21.0. The highest BCUT2D eigenvalue weighted by molar-refractivity contribution is 5.86. The maximum absolute atomic E-state index is 12.5. The second kappa shape index (κ2) is 9.44. The first-order valence-electron chi connectivity index (χ1n) is 8.81. The van der Waals surface area contributed by atoms with Crippen LogP contribution in [0.2, 0.25) is 0 Å². The molecule has 25 heavy (non-hydrogen) atoms. The number of benzene rings is 1. The number of nitrogens with one attached hydrogen (secondary N) is 1. The molecule has 1 amide bonds. The van der Waals surface area contributed by atoms with Crippen LogP contribution in [0.1, 0.15) is 58.1 Å². The zero-order chi connectivity index (χ0) is 19.1. The maximum Gasteiger partial charge on any atom is 0.328 e. The van der Waals surface area contributed by atoms with Crippen molar-refractivity contribution in [2.45, 2.75) is 66.0 Å². The predicted molar refractivity (Wildman–Crippen MR) is 98.8 cm³/mol. The second-order valence-corrected chi connectivity index (χ2v) is 7.17. The molecule has 0 saturated heterocycles. The van der Waals surface area contributed by atoms with Gasteiger partial charge in [0.1, 0.15) is 11.8 Å². The summed E-state index contributed by atoms with van der Waals surface area (Å²) in [6, 6.07) is 5.33. The molecule has 1 rings (SSSR count). The van der Waals surface area contributed by atoms with Crippen molar-refractivity contribution < 1.29 is 19.1 Å². The normalized spacial score (nSPS) is 13.5. The number of amides is 1. The third kappa shape index (κ3) is 6.40. The van der Waals surface area contributed by atoms with Crippen LogP contribution in [0.5, 0.6) is 5.75 Å². The van der Waals surface area contributed by atoms with Gasteiger partial charge in [-0.15, -0.1) is 0 Å². The minimum Gasteiger partial charge on any atom is -0.481 e. The van der Waals surface area contributed by atoms with Crippen molar-refractivity contribution >= 4 is 11.9 Å². The monoisotopic (exact) mass is 349 g/mol. The highest BCUT2D eigenvalue weighted by atomic mass is 16.5. The van der Waals surface area contributed by atoms with E-state index in [1.807, 2.05) is 39.0 Å². The Hall–Kier alpha value is -2.04. The zero-order valence-corrected chi connectivity index (χ0v) is 16.4. The molecule has 0 aliphatic rings. The molecule has 0 aliphatic heterocycles. The van der Waals surface area contributed by atoms with Gasteiger partial charge in [-0.25, -0.2) is 4.79 Å².